The third-order valence-electron chi connectivity index (χ3n) is 2.61. The van der Waals surface area contributed by atoms with Gasteiger partial charge in [-0.3, -0.25) is 4.57 Å². The summed E-state index contributed by atoms with van der Waals surface area (Å²) in [5.41, 5.74) is 6.38. The number of benzene rings is 1. The molecule has 0 aliphatic carbocycles. The summed E-state index contributed by atoms with van der Waals surface area (Å²) >= 11 is 12.1. The SMILES string of the molecule is NCCCc1nnc(CCl)n1-c1ccccc1Cl. The summed E-state index contributed by atoms with van der Waals surface area (Å²) in [6, 6.07) is 7.57. The highest BCUT2D eigenvalue weighted by Gasteiger charge is 2.14. The highest BCUT2D eigenvalue weighted by atomic mass is 35.5. The Hall–Kier alpha value is -1.10. The third kappa shape index (κ3) is 2.66. The summed E-state index contributed by atoms with van der Waals surface area (Å²) in [6.07, 6.45) is 1.61. The lowest BCUT2D eigenvalue weighted by molar-refractivity contribution is 0.756. The minimum Gasteiger partial charge on any atom is -0.330 e. The van der Waals surface area contributed by atoms with Gasteiger partial charge in [-0.15, -0.1) is 21.8 Å². The molecule has 0 unspecified atom stereocenters. The van der Waals surface area contributed by atoms with Crippen LogP contribution < -0.4 is 5.73 Å². The molecule has 0 saturated heterocycles. The highest BCUT2D eigenvalue weighted by Crippen LogP contribution is 2.23. The smallest absolute Gasteiger partial charge is 0.152 e. The number of hydrogen-bond donors (Lipinski definition) is 1. The summed E-state index contributed by atoms with van der Waals surface area (Å²) in [5.74, 6) is 1.82. The standard InChI is InChI=1S/C12H14Cl2N4/c13-8-12-17-16-11(6-3-7-15)18(12)10-5-2-1-4-9(10)14/h1-2,4-5H,3,6-8,15H2. The second-order valence-corrected chi connectivity index (χ2v) is 4.52. The maximum absolute atomic E-state index is 6.21. The Bertz CT molecular complexity index is 525. The van der Waals surface area contributed by atoms with Crippen molar-refractivity contribution in [2.45, 2.75) is 18.7 Å². The molecule has 1 aromatic carbocycles. The number of aromatic nitrogens is 3. The average Bonchev–Trinajstić information content (AvgIpc) is 2.79. The topological polar surface area (TPSA) is 56.7 Å². The van der Waals surface area contributed by atoms with Gasteiger partial charge in [0.15, 0.2) is 5.82 Å². The second-order valence-electron chi connectivity index (χ2n) is 3.85. The Morgan fingerprint density at radius 2 is 1.89 bits per heavy atom. The summed E-state index contributed by atoms with van der Waals surface area (Å²) in [4.78, 5) is 0. The predicted octanol–water partition coefficient (Wildman–Crippen LogP) is 2.55. The van der Waals surface area contributed by atoms with Gasteiger partial charge in [0, 0.05) is 6.42 Å². The Kier molecular flexibility index (Phi) is 4.58. The fourth-order valence-electron chi connectivity index (χ4n) is 1.77. The number of halogens is 2. The molecular weight excluding hydrogens is 271 g/mol. The second kappa shape index (κ2) is 6.18. The first-order valence-corrected chi connectivity index (χ1v) is 6.63. The van der Waals surface area contributed by atoms with Crippen molar-refractivity contribution in [3.63, 3.8) is 0 Å². The van der Waals surface area contributed by atoms with Crippen molar-refractivity contribution in [1.82, 2.24) is 14.8 Å². The van der Waals surface area contributed by atoms with Crippen LogP contribution in [-0.4, -0.2) is 21.3 Å². The molecule has 1 aromatic heterocycles. The fraction of sp³-hybridized carbons (Fsp3) is 0.333. The van der Waals surface area contributed by atoms with Crippen molar-refractivity contribution in [2.75, 3.05) is 6.54 Å². The molecule has 4 nitrogen and oxygen atoms in total. The summed E-state index contributed by atoms with van der Waals surface area (Å²) < 4.78 is 1.91. The molecule has 0 saturated carbocycles. The van der Waals surface area contributed by atoms with E-state index < -0.39 is 0 Å². The number of nitrogens with two attached hydrogens (primary N) is 1. The highest BCUT2D eigenvalue weighted by molar-refractivity contribution is 6.32. The lowest BCUT2D eigenvalue weighted by Gasteiger charge is -2.10. The van der Waals surface area contributed by atoms with Gasteiger partial charge in [-0.05, 0) is 25.1 Å². The van der Waals surface area contributed by atoms with E-state index in [1.165, 1.54) is 0 Å². The van der Waals surface area contributed by atoms with Crippen molar-refractivity contribution >= 4 is 23.2 Å². The summed E-state index contributed by atoms with van der Waals surface area (Å²) in [6.45, 7) is 0.617. The molecule has 2 rings (SSSR count). The van der Waals surface area contributed by atoms with Crippen LogP contribution in [0, 0.1) is 0 Å². The van der Waals surface area contributed by atoms with E-state index in [1.807, 2.05) is 28.8 Å². The quantitative estimate of drug-likeness (QED) is 0.859. The number of rotatable bonds is 5. The third-order valence-corrected chi connectivity index (χ3v) is 3.17. The van der Waals surface area contributed by atoms with E-state index in [1.54, 1.807) is 0 Å². The zero-order chi connectivity index (χ0) is 13.0. The zero-order valence-electron chi connectivity index (χ0n) is 9.81. The maximum Gasteiger partial charge on any atom is 0.152 e. The largest absolute Gasteiger partial charge is 0.330 e. The molecule has 96 valence electrons. The van der Waals surface area contributed by atoms with Gasteiger partial charge in [0.1, 0.15) is 5.82 Å². The normalized spacial score (nSPS) is 10.8. The van der Waals surface area contributed by atoms with Gasteiger partial charge in [0.2, 0.25) is 0 Å². The number of aryl methyl sites for hydroxylation is 1. The van der Waals surface area contributed by atoms with Crippen molar-refractivity contribution < 1.29 is 0 Å². The van der Waals surface area contributed by atoms with Crippen LogP contribution in [0.4, 0.5) is 0 Å². The molecule has 0 bridgehead atoms. The van der Waals surface area contributed by atoms with Crippen molar-refractivity contribution in [3.05, 3.63) is 40.9 Å². The van der Waals surface area contributed by atoms with Gasteiger partial charge in [-0.2, -0.15) is 0 Å². The molecular formula is C12H14Cl2N4. The Labute approximate surface area is 116 Å². The number of alkyl halides is 1. The summed E-state index contributed by atoms with van der Waals surface area (Å²) in [5, 5.41) is 8.89. The van der Waals surface area contributed by atoms with E-state index in [2.05, 4.69) is 10.2 Å². The Morgan fingerprint density at radius 3 is 2.56 bits per heavy atom. The van der Waals surface area contributed by atoms with Crippen molar-refractivity contribution in [3.8, 4) is 5.69 Å². The molecule has 18 heavy (non-hydrogen) atoms. The van der Waals surface area contributed by atoms with Crippen LogP contribution >= 0.6 is 23.2 Å². The first-order valence-electron chi connectivity index (χ1n) is 5.72. The van der Waals surface area contributed by atoms with Crippen LogP contribution in [0.25, 0.3) is 5.69 Å². The molecule has 1 heterocycles. The molecule has 2 aromatic rings. The van der Waals surface area contributed by atoms with Crippen LogP contribution in [0.1, 0.15) is 18.1 Å². The summed E-state index contributed by atoms with van der Waals surface area (Å²) in [7, 11) is 0. The van der Waals surface area contributed by atoms with Gasteiger partial charge in [-0.25, -0.2) is 0 Å². The van der Waals surface area contributed by atoms with E-state index in [0.29, 0.717) is 23.3 Å². The molecule has 0 spiro atoms. The minimum atomic E-state index is 0.293. The first-order chi connectivity index (χ1) is 8.77. The van der Waals surface area contributed by atoms with Gasteiger partial charge in [-0.1, -0.05) is 23.7 Å². The van der Waals surface area contributed by atoms with Gasteiger partial charge in [0.05, 0.1) is 16.6 Å². The van der Waals surface area contributed by atoms with Crippen LogP contribution in [0.3, 0.4) is 0 Å². The maximum atomic E-state index is 6.21. The van der Waals surface area contributed by atoms with E-state index in [0.717, 1.165) is 24.4 Å². The predicted molar refractivity (Wildman–Crippen MR) is 73.3 cm³/mol. The molecule has 0 amide bonds. The number of para-hydroxylation sites is 1. The van der Waals surface area contributed by atoms with Gasteiger partial charge in [0.25, 0.3) is 0 Å². The molecule has 0 fully saturated rings. The van der Waals surface area contributed by atoms with Crippen molar-refractivity contribution in [2.24, 2.45) is 5.73 Å². The lowest BCUT2D eigenvalue weighted by atomic mass is 10.2. The number of nitrogens with zero attached hydrogens (tertiary/aromatic N) is 3. The Balaban J connectivity index is 2.47. The first kappa shape index (κ1) is 13.3. The molecule has 0 aliphatic heterocycles. The fourth-order valence-corrected chi connectivity index (χ4v) is 2.17. The molecule has 6 heteroatoms. The molecule has 0 radical (unpaired) electrons. The number of hydrogen-bond acceptors (Lipinski definition) is 3. The van der Waals surface area contributed by atoms with E-state index in [9.17, 15) is 0 Å². The molecule has 2 N–H and O–H groups in total. The van der Waals surface area contributed by atoms with Crippen LogP contribution in [0.5, 0.6) is 0 Å². The molecule has 0 aliphatic rings. The van der Waals surface area contributed by atoms with Gasteiger partial charge < -0.3 is 5.73 Å². The average molecular weight is 285 g/mol. The zero-order valence-corrected chi connectivity index (χ0v) is 11.3. The van der Waals surface area contributed by atoms with Crippen molar-refractivity contribution in [1.29, 1.82) is 0 Å². The van der Waals surface area contributed by atoms with Gasteiger partial charge >= 0.3 is 0 Å². The monoisotopic (exact) mass is 284 g/mol. The lowest BCUT2D eigenvalue weighted by Crippen LogP contribution is -2.08. The van der Waals surface area contributed by atoms with E-state index in [4.69, 9.17) is 28.9 Å². The van der Waals surface area contributed by atoms with Crippen LogP contribution in [0.15, 0.2) is 24.3 Å². The minimum absolute atomic E-state index is 0.293. The Morgan fingerprint density at radius 1 is 1.17 bits per heavy atom. The van der Waals surface area contributed by atoms with E-state index in [-0.39, 0.29) is 0 Å². The van der Waals surface area contributed by atoms with Crippen LogP contribution in [0.2, 0.25) is 5.02 Å². The van der Waals surface area contributed by atoms with E-state index >= 15 is 0 Å². The molecule has 0 atom stereocenters. The van der Waals surface area contributed by atoms with Crippen LogP contribution in [-0.2, 0) is 12.3 Å².